The highest BCUT2D eigenvalue weighted by Crippen LogP contribution is 2.49. The lowest BCUT2D eigenvalue weighted by Crippen LogP contribution is -2.39. The Morgan fingerprint density at radius 1 is 0.972 bits per heavy atom. The zero-order chi connectivity index (χ0) is 26.1. The number of hydrogen-bond donors (Lipinski definition) is 1. The Morgan fingerprint density at radius 3 is 2.25 bits per heavy atom. The van der Waals surface area contributed by atoms with Crippen molar-refractivity contribution in [3.63, 3.8) is 0 Å². The summed E-state index contributed by atoms with van der Waals surface area (Å²) in [5.74, 6) is -2.24. The fourth-order valence-electron chi connectivity index (χ4n) is 3.25. The van der Waals surface area contributed by atoms with Gasteiger partial charge in [0, 0.05) is 24.6 Å². The molecule has 1 aromatic heterocycles. The van der Waals surface area contributed by atoms with Crippen LogP contribution in [0.15, 0.2) is 54.6 Å². The van der Waals surface area contributed by atoms with Crippen molar-refractivity contribution < 1.29 is 41.9 Å². The van der Waals surface area contributed by atoms with Crippen LogP contribution < -0.4 is 5.32 Å². The van der Waals surface area contributed by atoms with E-state index in [0.29, 0.717) is 10.4 Å². The third kappa shape index (κ3) is 8.53. The summed E-state index contributed by atoms with van der Waals surface area (Å²) in [5, 5.41) is 3.72. The van der Waals surface area contributed by atoms with E-state index in [2.05, 4.69) is 5.32 Å². The molecule has 0 spiro atoms. The van der Waals surface area contributed by atoms with Crippen LogP contribution in [0.1, 0.15) is 29.1 Å². The quantitative estimate of drug-likeness (QED) is 0.202. The number of halogens is 1. The molecule has 1 amide bonds. The standard InChI is InChI=1S/C24H25FNO8PS/c1-16(27)31-14-33-35(30,34-15-32-17(2)28)13-21(11-18-6-5-8-20(25)10-18)26-24(29)23-12-19-7-3-4-9-22(19)36-23/h3-10,12,21H,11,13-15H2,1-2H3,(H,26,29)/t21-/m1/s1. The number of thiophene rings is 1. The van der Waals surface area contributed by atoms with E-state index in [0.717, 1.165) is 23.9 Å². The van der Waals surface area contributed by atoms with Crippen molar-refractivity contribution in [3.05, 3.63) is 70.9 Å². The fourth-order valence-corrected chi connectivity index (χ4v) is 5.69. The second-order valence-electron chi connectivity index (χ2n) is 7.71. The summed E-state index contributed by atoms with van der Waals surface area (Å²) in [6, 6.07) is 14.1. The van der Waals surface area contributed by atoms with Crippen LogP contribution in [-0.4, -0.2) is 43.6 Å². The van der Waals surface area contributed by atoms with E-state index < -0.39 is 50.9 Å². The van der Waals surface area contributed by atoms with E-state index >= 15 is 0 Å². The number of esters is 2. The maximum absolute atomic E-state index is 13.8. The SMILES string of the molecule is CC(=O)OCOP(=O)(C[C@@H](Cc1cccc(F)c1)NC(=O)c1cc2ccccc2s1)OCOC(C)=O. The number of amides is 1. The summed E-state index contributed by atoms with van der Waals surface area (Å²) in [4.78, 5) is 35.7. The average molecular weight is 538 g/mol. The van der Waals surface area contributed by atoms with Crippen LogP contribution in [-0.2, 0) is 39.1 Å². The van der Waals surface area contributed by atoms with Crippen molar-refractivity contribution in [2.45, 2.75) is 26.3 Å². The van der Waals surface area contributed by atoms with Crippen LogP contribution in [0.4, 0.5) is 4.39 Å². The minimum absolute atomic E-state index is 0.0895. The predicted octanol–water partition coefficient (Wildman–Crippen LogP) is 4.65. The lowest BCUT2D eigenvalue weighted by Gasteiger charge is -2.24. The Balaban J connectivity index is 1.83. The number of rotatable bonds is 12. The van der Waals surface area contributed by atoms with Gasteiger partial charge in [-0.2, -0.15) is 0 Å². The Labute approximate surface area is 211 Å². The molecule has 0 saturated heterocycles. The molecular formula is C24H25FNO8PS. The Morgan fingerprint density at radius 2 is 1.64 bits per heavy atom. The molecule has 0 aliphatic rings. The van der Waals surface area contributed by atoms with E-state index in [9.17, 15) is 23.3 Å². The summed E-state index contributed by atoms with van der Waals surface area (Å²) in [6.07, 6.45) is -0.283. The van der Waals surface area contributed by atoms with Gasteiger partial charge in [0.05, 0.1) is 11.0 Å². The molecular weight excluding hydrogens is 512 g/mol. The molecule has 36 heavy (non-hydrogen) atoms. The maximum Gasteiger partial charge on any atom is 0.338 e. The maximum atomic E-state index is 13.8. The van der Waals surface area contributed by atoms with Crippen molar-refractivity contribution in [2.24, 2.45) is 0 Å². The van der Waals surface area contributed by atoms with E-state index in [1.165, 1.54) is 29.5 Å². The molecule has 0 bridgehead atoms. The predicted molar refractivity (Wildman–Crippen MR) is 131 cm³/mol. The first-order valence-corrected chi connectivity index (χ1v) is 13.4. The number of fused-ring (bicyclic) bond motifs is 1. The smallest absolute Gasteiger partial charge is 0.338 e. The molecule has 1 heterocycles. The van der Waals surface area contributed by atoms with E-state index in [-0.39, 0.29) is 12.6 Å². The van der Waals surface area contributed by atoms with Gasteiger partial charge in [0.15, 0.2) is 0 Å². The normalized spacial score (nSPS) is 12.2. The summed E-state index contributed by atoms with van der Waals surface area (Å²) in [6.45, 7) is 0.936. The molecule has 3 rings (SSSR count). The Kier molecular flexibility index (Phi) is 9.72. The number of hydrogen-bond acceptors (Lipinski definition) is 9. The molecule has 2 aromatic carbocycles. The third-order valence-corrected chi connectivity index (χ3v) is 7.82. The van der Waals surface area contributed by atoms with Crippen LogP contribution >= 0.6 is 18.9 Å². The first-order chi connectivity index (χ1) is 17.1. The van der Waals surface area contributed by atoms with Gasteiger partial charge in [-0.25, -0.2) is 4.39 Å². The highest BCUT2D eigenvalue weighted by Gasteiger charge is 2.32. The van der Waals surface area contributed by atoms with Gasteiger partial charge in [-0.05, 0) is 41.6 Å². The van der Waals surface area contributed by atoms with Crippen LogP contribution in [0, 0.1) is 5.82 Å². The van der Waals surface area contributed by atoms with E-state index in [1.807, 2.05) is 24.3 Å². The van der Waals surface area contributed by atoms with Gasteiger partial charge in [0.2, 0.25) is 13.6 Å². The highest BCUT2D eigenvalue weighted by atomic mass is 32.1. The minimum Gasteiger partial charge on any atom is -0.438 e. The number of nitrogens with one attached hydrogen (secondary N) is 1. The Bertz CT molecular complexity index is 1220. The molecule has 192 valence electrons. The van der Waals surface area contributed by atoms with Crippen molar-refractivity contribution in [3.8, 4) is 0 Å². The van der Waals surface area contributed by atoms with Crippen molar-refractivity contribution in [2.75, 3.05) is 19.7 Å². The molecule has 9 nitrogen and oxygen atoms in total. The molecule has 0 aliphatic carbocycles. The summed E-state index contributed by atoms with van der Waals surface area (Å²) in [7, 11) is -4.07. The van der Waals surface area contributed by atoms with Crippen molar-refractivity contribution in [1.29, 1.82) is 0 Å². The third-order valence-electron chi connectivity index (χ3n) is 4.82. The number of benzene rings is 2. The van der Waals surface area contributed by atoms with Crippen LogP contribution in [0.2, 0.25) is 0 Å². The van der Waals surface area contributed by atoms with Gasteiger partial charge in [-0.15, -0.1) is 11.3 Å². The first kappa shape index (κ1) is 27.5. The van der Waals surface area contributed by atoms with Gasteiger partial charge in [-0.3, -0.25) is 28.0 Å². The molecule has 3 aromatic rings. The number of carbonyl (C=O) groups is 3. The average Bonchev–Trinajstić information content (AvgIpc) is 3.23. The van der Waals surface area contributed by atoms with Crippen molar-refractivity contribution >= 4 is 46.9 Å². The second-order valence-corrected chi connectivity index (χ2v) is 10.9. The van der Waals surface area contributed by atoms with Gasteiger partial charge in [-0.1, -0.05) is 30.3 Å². The molecule has 0 fully saturated rings. The van der Waals surface area contributed by atoms with Crippen LogP contribution in [0.25, 0.3) is 10.1 Å². The molecule has 1 N–H and O–H groups in total. The lowest BCUT2D eigenvalue weighted by molar-refractivity contribution is -0.149. The first-order valence-electron chi connectivity index (χ1n) is 10.8. The molecule has 12 heteroatoms. The topological polar surface area (TPSA) is 117 Å². The monoisotopic (exact) mass is 537 g/mol. The van der Waals surface area contributed by atoms with Gasteiger partial charge in [0.1, 0.15) is 5.82 Å². The minimum atomic E-state index is -4.07. The molecule has 1 atom stereocenters. The van der Waals surface area contributed by atoms with Gasteiger partial charge < -0.3 is 14.8 Å². The van der Waals surface area contributed by atoms with Crippen molar-refractivity contribution in [1.82, 2.24) is 5.32 Å². The highest BCUT2D eigenvalue weighted by molar-refractivity contribution is 7.53. The largest absolute Gasteiger partial charge is 0.438 e. The second kappa shape index (κ2) is 12.7. The number of carbonyl (C=O) groups excluding carboxylic acids is 3. The molecule has 0 saturated carbocycles. The summed E-state index contributed by atoms with van der Waals surface area (Å²) in [5.41, 5.74) is 0.531. The van der Waals surface area contributed by atoms with Crippen LogP contribution in [0.5, 0.6) is 0 Å². The molecule has 0 radical (unpaired) electrons. The molecule has 0 aliphatic heterocycles. The van der Waals surface area contributed by atoms with Gasteiger partial charge in [0.25, 0.3) is 5.91 Å². The van der Waals surface area contributed by atoms with E-state index in [1.54, 1.807) is 12.1 Å². The summed E-state index contributed by atoms with van der Waals surface area (Å²) >= 11 is 1.29. The Hall–Kier alpha value is -3.11. The number of ether oxygens (including phenoxy) is 2. The summed E-state index contributed by atoms with van der Waals surface area (Å²) < 4.78 is 48.0. The van der Waals surface area contributed by atoms with Gasteiger partial charge >= 0.3 is 19.5 Å². The zero-order valence-corrected chi connectivity index (χ0v) is 21.3. The molecule has 0 unspecified atom stereocenters. The van der Waals surface area contributed by atoms with Crippen LogP contribution in [0.3, 0.4) is 0 Å². The lowest BCUT2D eigenvalue weighted by atomic mass is 10.1. The fraction of sp³-hybridized carbons (Fsp3) is 0.292. The van der Waals surface area contributed by atoms with E-state index in [4.69, 9.17) is 18.5 Å². The zero-order valence-electron chi connectivity index (χ0n) is 19.6.